The van der Waals surface area contributed by atoms with Crippen LogP contribution in [0.5, 0.6) is 0 Å². The molecule has 3 amide bonds. The van der Waals surface area contributed by atoms with Crippen molar-refractivity contribution in [2.75, 3.05) is 0 Å². The van der Waals surface area contributed by atoms with Crippen molar-refractivity contribution in [2.24, 2.45) is 5.73 Å². The highest BCUT2D eigenvalue weighted by molar-refractivity contribution is 5.95. The SMILES string of the molecule is NC(CCC(=O)O)C(=O)NC(Cc1c[nH]c2ccccc12)C(=O)NC(Cc1cnc[nH]1)C(=O)NC(CC(=O)O)C(=O)O. The minimum absolute atomic E-state index is 0.0532. The zero-order valence-electron chi connectivity index (χ0n) is 22.2. The second-order valence-corrected chi connectivity index (χ2v) is 9.50. The molecule has 0 aliphatic rings. The van der Waals surface area contributed by atoms with E-state index in [2.05, 4.69) is 30.9 Å². The maximum absolute atomic E-state index is 13.6. The van der Waals surface area contributed by atoms with E-state index in [1.165, 1.54) is 12.5 Å². The van der Waals surface area contributed by atoms with Crippen molar-refractivity contribution in [1.82, 2.24) is 30.9 Å². The fraction of sp³-hybridized carbons (Fsp3) is 0.346. The largest absolute Gasteiger partial charge is 0.481 e. The summed E-state index contributed by atoms with van der Waals surface area (Å²) in [5.74, 6) is -6.81. The number of hydrogen-bond donors (Lipinski definition) is 9. The van der Waals surface area contributed by atoms with Gasteiger partial charge in [0.05, 0.1) is 18.8 Å². The van der Waals surface area contributed by atoms with Crippen LogP contribution in [-0.4, -0.2) is 90.1 Å². The van der Waals surface area contributed by atoms with Gasteiger partial charge in [0, 0.05) is 48.3 Å². The van der Waals surface area contributed by atoms with Crippen molar-refractivity contribution >= 4 is 46.5 Å². The van der Waals surface area contributed by atoms with Crippen molar-refractivity contribution in [3.8, 4) is 0 Å². The molecule has 4 unspecified atom stereocenters. The number of H-pyrrole nitrogens is 2. The number of nitrogens with two attached hydrogens (primary N) is 1. The molecule has 0 aliphatic carbocycles. The van der Waals surface area contributed by atoms with Crippen LogP contribution in [0.1, 0.15) is 30.5 Å². The van der Waals surface area contributed by atoms with Gasteiger partial charge in [-0.1, -0.05) is 18.2 Å². The molecule has 0 spiro atoms. The summed E-state index contributed by atoms with van der Waals surface area (Å²) in [6.45, 7) is 0. The van der Waals surface area contributed by atoms with Gasteiger partial charge in [0.1, 0.15) is 18.1 Å². The van der Waals surface area contributed by atoms with Crippen LogP contribution >= 0.6 is 0 Å². The fourth-order valence-electron chi connectivity index (χ4n) is 4.16. The zero-order valence-corrected chi connectivity index (χ0v) is 22.2. The Morgan fingerprint density at radius 3 is 2.10 bits per heavy atom. The number of para-hydroxylation sites is 1. The number of aliphatic carboxylic acids is 3. The Morgan fingerprint density at radius 2 is 1.48 bits per heavy atom. The summed E-state index contributed by atoms with van der Waals surface area (Å²) in [7, 11) is 0. The molecular weight excluding hydrogens is 554 g/mol. The number of aromatic amines is 2. The van der Waals surface area contributed by atoms with Gasteiger partial charge in [0.2, 0.25) is 17.7 Å². The van der Waals surface area contributed by atoms with Gasteiger partial charge < -0.3 is 47.0 Å². The minimum Gasteiger partial charge on any atom is -0.481 e. The number of rotatable bonds is 16. The lowest BCUT2D eigenvalue weighted by molar-refractivity contribution is -0.147. The van der Waals surface area contributed by atoms with E-state index in [9.17, 15) is 33.9 Å². The summed E-state index contributed by atoms with van der Waals surface area (Å²) >= 11 is 0. The summed E-state index contributed by atoms with van der Waals surface area (Å²) in [6.07, 6.45) is 2.67. The average molecular weight is 586 g/mol. The average Bonchev–Trinajstić information content (AvgIpc) is 3.60. The Labute approximate surface area is 238 Å². The molecule has 16 nitrogen and oxygen atoms in total. The summed E-state index contributed by atoms with van der Waals surface area (Å²) in [6, 6.07) is 1.50. The molecule has 0 aliphatic heterocycles. The molecule has 3 rings (SSSR count). The van der Waals surface area contributed by atoms with E-state index >= 15 is 0 Å². The molecule has 10 N–H and O–H groups in total. The van der Waals surface area contributed by atoms with Crippen LogP contribution in [0.3, 0.4) is 0 Å². The number of carboxylic acids is 3. The number of carbonyl (C=O) groups excluding carboxylic acids is 3. The minimum atomic E-state index is -1.77. The molecule has 0 saturated carbocycles. The van der Waals surface area contributed by atoms with Crippen LogP contribution in [0.25, 0.3) is 10.9 Å². The van der Waals surface area contributed by atoms with Crippen molar-refractivity contribution in [3.63, 3.8) is 0 Å². The van der Waals surface area contributed by atoms with Crippen LogP contribution in [0, 0.1) is 0 Å². The number of hydrogen-bond acceptors (Lipinski definition) is 8. The lowest BCUT2D eigenvalue weighted by Crippen LogP contribution is -2.58. The number of nitrogens with zero attached hydrogens (tertiary/aromatic N) is 1. The number of aromatic nitrogens is 3. The lowest BCUT2D eigenvalue weighted by atomic mass is 10.0. The Kier molecular flexibility index (Phi) is 10.7. The number of nitrogens with one attached hydrogen (secondary N) is 5. The lowest BCUT2D eigenvalue weighted by Gasteiger charge is -2.25. The third-order valence-electron chi connectivity index (χ3n) is 6.34. The normalized spacial score (nSPS) is 13.8. The number of fused-ring (bicyclic) bond motifs is 1. The van der Waals surface area contributed by atoms with Gasteiger partial charge in [-0.2, -0.15) is 0 Å². The van der Waals surface area contributed by atoms with Crippen LogP contribution < -0.4 is 21.7 Å². The van der Waals surface area contributed by atoms with Crippen LogP contribution in [0.4, 0.5) is 0 Å². The molecule has 1 aromatic carbocycles. The first-order valence-corrected chi connectivity index (χ1v) is 12.8. The van der Waals surface area contributed by atoms with Gasteiger partial charge in [-0.3, -0.25) is 24.0 Å². The molecule has 0 radical (unpaired) electrons. The monoisotopic (exact) mass is 585 g/mol. The van der Waals surface area contributed by atoms with E-state index < -0.39 is 66.2 Å². The molecule has 0 saturated heterocycles. The molecule has 0 bridgehead atoms. The Bertz CT molecular complexity index is 1440. The van der Waals surface area contributed by atoms with E-state index in [0.29, 0.717) is 11.3 Å². The second-order valence-electron chi connectivity index (χ2n) is 9.50. The van der Waals surface area contributed by atoms with E-state index in [1.807, 2.05) is 12.1 Å². The molecule has 2 heterocycles. The van der Waals surface area contributed by atoms with Crippen LogP contribution in [0.15, 0.2) is 43.0 Å². The molecule has 16 heteroatoms. The summed E-state index contributed by atoms with van der Waals surface area (Å²) < 4.78 is 0. The van der Waals surface area contributed by atoms with Crippen molar-refractivity contribution in [1.29, 1.82) is 0 Å². The number of imidazole rings is 1. The summed E-state index contributed by atoms with van der Waals surface area (Å²) in [5.41, 5.74) is 7.66. The van der Waals surface area contributed by atoms with Gasteiger partial charge in [-0.15, -0.1) is 0 Å². The standard InChI is InChI=1S/C26H31N7O9/c27-16(5-6-21(34)35)23(38)31-18(7-13-10-29-17-4-2-1-3-15(13)17)24(39)32-19(8-14-11-28-12-30-14)25(40)33-20(26(41)42)9-22(36)37/h1-4,10-12,16,18-20,29H,5-9,27H2,(H,28,30)(H,31,38)(H,32,39)(H,33,40)(H,34,35)(H,36,37)(H,41,42). The van der Waals surface area contributed by atoms with Crippen LogP contribution in [0.2, 0.25) is 0 Å². The molecule has 4 atom stereocenters. The smallest absolute Gasteiger partial charge is 0.326 e. The summed E-state index contributed by atoms with van der Waals surface area (Å²) in [5, 5.41) is 35.2. The molecule has 224 valence electrons. The van der Waals surface area contributed by atoms with E-state index in [-0.39, 0.29) is 25.7 Å². The van der Waals surface area contributed by atoms with Gasteiger partial charge >= 0.3 is 17.9 Å². The first-order chi connectivity index (χ1) is 19.9. The maximum atomic E-state index is 13.6. The summed E-state index contributed by atoms with van der Waals surface area (Å²) in [4.78, 5) is 82.7. The fourth-order valence-corrected chi connectivity index (χ4v) is 4.16. The van der Waals surface area contributed by atoms with E-state index in [0.717, 1.165) is 10.9 Å². The second kappa shape index (κ2) is 14.4. The molecule has 3 aromatic rings. The molecular formula is C26H31N7O9. The predicted molar refractivity (Wildman–Crippen MR) is 145 cm³/mol. The van der Waals surface area contributed by atoms with Crippen LogP contribution in [-0.2, 0) is 41.6 Å². The number of carbonyl (C=O) groups is 6. The molecule has 2 aromatic heterocycles. The quantitative estimate of drug-likeness (QED) is 0.0971. The Morgan fingerprint density at radius 1 is 0.833 bits per heavy atom. The highest BCUT2D eigenvalue weighted by Crippen LogP contribution is 2.19. The zero-order chi connectivity index (χ0) is 30.8. The molecule has 42 heavy (non-hydrogen) atoms. The third-order valence-corrected chi connectivity index (χ3v) is 6.34. The number of benzene rings is 1. The first-order valence-electron chi connectivity index (χ1n) is 12.8. The van der Waals surface area contributed by atoms with E-state index in [1.54, 1.807) is 18.3 Å². The van der Waals surface area contributed by atoms with Gasteiger partial charge in [0.15, 0.2) is 0 Å². The Hall–Kier alpha value is -5.25. The van der Waals surface area contributed by atoms with Crippen molar-refractivity contribution in [3.05, 3.63) is 54.2 Å². The van der Waals surface area contributed by atoms with Gasteiger partial charge in [-0.05, 0) is 18.1 Å². The van der Waals surface area contributed by atoms with Gasteiger partial charge in [-0.25, -0.2) is 9.78 Å². The highest BCUT2D eigenvalue weighted by atomic mass is 16.4. The molecule has 0 fully saturated rings. The highest BCUT2D eigenvalue weighted by Gasteiger charge is 2.32. The maximum Gasteiger partial charge on any atom is 0.326 e. The van der Waals surface area contributed by atoms with E-state index in [4.69, 9.17) is 15.9 Å². The first kappa shape index (κ1) is 31.3. The Balaban J connectivity index is 1.86. The van der Waals surface area contributed by atoms with Crippen molar-refractivity contribution < 1.29 is 44.1 Å². The number of amides is 3. The number of carboxylic acid groups (broad SMARTS) is 3. The third kappa shape index (κ3) is 8.88. The van der Waals surface area contributed by atoms with Crippen molar-refractivity contribution in [2.45, 2.75) is 56.3 Å². The topological polar surface area (TPSA) is 270 Å². The van der Waals surface area contributed by atoms with Gasteiger partial charge in [0.25, 0.3) is 0 Å². The predicted octanol–water partition coefficient (Wildman–Crippen LogP) is -1.12.